The third-order valence-electron chi connectivity index (χ3n) is 5.11. The Kier molecular flexibility index (Phi) is 4.90. The first kappa shape index (κ1) is 18.7. The summed E-state index contributed by atoms with van der Waals surface area (Å²) in [6.07, 6.45) is 2.76. The van der Waals surface area contributed by atoms with E-state index in [4.69, 9.17) is 26.8 Å². The Morgan fingerprint density at radius 3 is 2.50 bits per heavy atom. The average molecular weight is 419 g/mol. The molecule has 0 bridgehead atoms. The van der Waals surface area contributed by atoms with Gasteiger partial charge in [-0.3, -0.25) is 4.90 Å². The van der Waals surface area contributed by atoms with E-state index >= 15 is 0 Å². The maximum atomic E-state index is 5.94. The van der Waals surface area contributed by atoms with Crippen LogP contribution in [0.5, 0.6) is 0 Å². The maximum absolute atomic E-state index is 5.94. The molecule has 8 heteroatoms. The molecule has 4 aromatic rings. The molecular formula is C22H19ClN6O. The van der Waals surface area contributed by atoms with Crippen molar-refractivity contribution in [2.75, 3.05) is 12.3 Å². The molecule has 3 heterocycles. The van der Waals surface area contributed by atoms with Crippen LogP contribution < -0.4 is 5.73 Å². The number of nitrogens with two attached hydrogens (primary N) is 1. The van der Waals surface area contributed by atoms with Gasteiger partial charge in [0.1, 0.15) is 0 Å². The van der Waals surface area contributed by atoms with Gasteiger partial charge in [-0.25, -0.2) is 9.97 Å². The van der Waals surface area contributed by atoms with Crippen LogP contribution in [-0.2, 0) is 19.5 Å². The Labute approximate surface area is 178 Å². The molecule has 0 saturated heterocycles. The number of rotatable bonds is 4. The summed E-state index contributed by atoms with van der Waals surface area (Å²) in [6.45, 7) is 2.19. The van der Waals surface area contributed by atoms with Crippen LogP contribution in [-0.4, -0.2) is 31.6 Å². The molecule has 0 radical (unpaired) electrons. The SMILES string of the molecule is Nc1ccc(-c2ncc3c(n2)CCN(Cc2nc(-c4ccc(Cl)cc4)no2)C3)cc1. The standard InChI is InChI=1S/C22H19ClN6O/c23-17-5-1-15(2-6-17)22-27-20(30-28-22)13-29-10-9-19-16(12-29)11-25-21(26-19)14-3-7-18(24)8-4-14/h1-8,11H,9-10,12-13,24H2. The third kappa shape index (κ3) is 3.90. The fraction of sp³-hybridized carbons (Fsp3) is 0.182. The monoisotopic (exact) mass is 418 g/mol. The number of hydrogen-bond donors (Lipinski definition) is 1. The highest BCUT2D eigenvalue weighted by Crippen LogP contribution is 2.23. The van der Waals surface area contributed by atoms with E-state index in [1.54, 1.807) is 0 Å². The van der Waals surface area contributed by atoms with Gasteiger partial charge >= 0.3 is 0 Å². The number of aromatic nitrogens is 4. The number of benzene rings is 2. The normalized spacial score (nSPS) is 13.9. The van der Waals surface area contributed by atoms with Crippen LogP contribution in [0.2, 0.25) is 5.02 Å². The lowest BCUT2D eigenvalue weighted by molar-refractivity contribution is 0.209. The van der Waals surface area contributed by atoms with Crippen LogP contribution >= 0.6 is 11.6 Å². The highest BCUT2D eigenvalue weighted by Gasteiger charge is 2.21. The molecule has 0 atom stereocenters. The van der Waals surface area contributed by atoms with Crippen LogP contribution in [0, 0.1) is 0 Å². The lowest BCUT2D eigenvalue weighted by Gasteiger charge is -2.26. The first-order chi connectivity index (χ1) is 14.6. The molecule has 0 saturated carbocycles. The van der Waals surface area contributed by atoms with Crippen LogP contribution in [0.3, 0.4) is 0 Å². The topological polar surface area (TPSA) is 94.0 Å². The van der Waals surface area contributed by atoms with Gasteiger partial charge in [-0.05, 0) is 48.5 Å². The summed E-state index contributed by atoms with van der Waals surface area (Å²) >= 11 is 5.94. The van der Waals surface area contributed by atoms with Gasteiger partial charge < -0.3 is 10.3 Å². The lowest BCUT2D eigenvalue weighted by atomic mass is 10.1. The highest BCUT2D eigenvalue weighted by molar-refractivity contribution is 6.30. The van der Waals surface area contributed by atoms with Gasteiger partial charge in [0.15, 0.2) is 5.82 Å². The van der Waals surface area contributed by atoms with E-state index in [0.29, 0.717) is 23.3 Å². The number of fused-ring (bicyclic) bond motifs is 1. The number of anilines is 1. The second kappa shape index (κ2) is 7.85. The minimum atomic E-state index is 0.565. The van der Waals surface area contributed by atoms with Gasteiger partial charge in [0, 0.05) is 53.1 Å². The molecule has 0 fully saturated rings. The Morgan fingerprint density at radius 1 is 0.967 bits per heavy atom. The van der Waals surface area contributed by atoms with E-state index < -0.39 is 0 Å². The van der Waals surface area contributed by atoms with Crippen molar-refractivity contribution in [2.45, 2.75) is 19.5 Å². The summed E-state index contributed by atoms with van der Waals surface area (Å²) in [5.41, 5.74) is 10.5. The number of halogens is 1. The van der Waals surface area contributed by atoms with Crippen molar-refractivity contribution >= 4 is 17.3 Å². The zero-order valence-electron chi connectivity index (χ0n) is 16.1. The van der Waals surface area contributed by atoms with Crippen LogP contribution in [0.1, 0.15) is 17.1 Å². The molecule has 30 heavy (non-hydrogen) atoms. The molecule has 0 spiro atoms. The van der Waals surface area contributed by atoms with Crippen molar-refractivity contribution in [3.63, 3.8) is 0 Å². The van der Waals surface area contributed by atoms with Gasteiger partial charge in [-0.1, -0.05) is 16.8 Å². The Balaban J connectivity index is 1.28. The van der Waals surface area contributed by atoms with Crippen LogP contribution in [0.25, 0.3) is 22.8 Å². The third-order valence-corrected chi connectivity index (χ3v) is 5.36. The van der Waals surface area contributed by atoms with Crippen molar-refractivity contribution in [3.05, 3.63) is 76.9 Å². The Bertz CT molecular complexity index is 1170. The van der Waals surface area contributed by atoms with Gasteiger partial charge in [-0.15, -0.1) is 0 Å². The molecule has 1 aliphatic rings. The van der Waals surface area contributed by atoms with Gasteiger partial charge in [0.05, 0.1) is 12.2 Å². The Hall–Kier alpha value is -3.29. The summed E-state index contributed by atoms with van der Waals surface area (Å²) in [7, 11) is 0. The zero-order valence-corrected chi connectivity index (χ0v) is 16.9. The fourth-order valence-corrected chi connectivity index (χ4v) is 3.63. The molecule has 5 rings (SSSR count). The molecular weight excluding hydrogens is 400 g/mol. The van der Waals surface area contributed by atoms with E-state index in [2.05, 4.69) is 20.0 Å². The summed E-state index contributed by atoms with van der Waals surface area (Å²) in [4.78, 5) is 16.1. The number of nitrogens with zero attached hydrogens (tertiary/aromatic N) is 5. The summed E-state index contributed by atoms with van der Waals surface area (Å²) in [6, 6.07) is 15.0. The van der Waals surface area contributed by atoms with Crippen LogP contribution in [0.15, 0.2) is 59.3 Å². The molecule has 0 amide bonds. The van der Waals surface area contributed by atoms with Crippen molar-refractivity contribution in [3.8, 4) is 22.8 Å². The molecule has 2 aromatic carbocycles. The molecule has 0 aliphatic carbocycles. The molecule has 2 N–H and O–H groups in total. The zero-order chi connectivity index (χ0) is 20.5. The summed E-state index contributed by atoms with van der Waals surface area (Å²) in [5.74, 6) is 1.88. The molecule has 0 unspecified atom stereocenters. The van der Waals surface area contributed by atoms with Gasteiger partial charge in [0.25, 0.3) is 0 Å². The van der Waals surface area contributed by atoms with Crippen molar-refractivity contribution in [1.82, 2.24) is 25.0 Å². The molecule has 150 valence electrons. The fourth-order valence-electron chi connectivity index (χ4n) is 3.51. The minimum Gasteiger partial charge on any atom is -0.399 e. The second-order valence-corrected chi connectivity index (χ2v) is 7.70. The molecule has 2 aromatic heterocycles. The minimum absolute atomic E-state index is 0.565. The predicted octanol–water partition coefficient (Wildman–Crippen LogP) is 3.99. The quantitative estimate of drug-likeness (QED) is 0.501. The summed E-state index contributed by atoms with van der Waals surface area (Å²) in [5, 5.41) is 4.76. The van der Waals surface area contributed by atoms with Gasteiger partial charge in [-0.2, -0.15) is 4.98 Å². The average Bonchev–Trinajstić information content (AvgIpc) is 3.23. The predicted molar refractivity (Wildman–Crippen MR) is 114 cm³/mol. The molecule has 1 aliphatic heterocycles. The maximum Gasteiger partial charge on any atom is 0.241 e. The largest absolute Gasteiger partial charge is 0.399 e. The van der Waals surface area contributed by atoms with Crippen LogP contribution in [0.4, 0.5) is 5.69 Å². The van der Waals surface area contributed by atoms with Crippen molar-refractivity contribution in [2.24, 2.45) is 0 Å². The van der Waals surface area contributed by atoms with E-state index in [-0.39, 0.29) is 0 Å². The van der Waals surface area contributed by atoms with E-state index in [9.17, 15) is 0 Å². The lowest BCUT2D eigenvalue weighted by Crippen LogP contribution is -2.31. The smallest absolute Gasteiger partial charge is 0.241 e. The number of hydrogen-bond acceptors (Lipinski definition) is 7. The first-order valence-corrected chi connectivity index (χ1v) is 10.0. The first-order valence-electron chi connectivity index (χ1n) is 9.65. The summed E-state index contributed by atoms with van der Waals surface area (Å²) < 4.78 is 5.45. The van der Waals surface area contributed by atoms with Crippen molar-refractivity contribution < 1.29 is 4.52 Å². The Morgan fingerprint density at radius 2 is 1.70 bits per heavy atom. The second-order valence-electron chi connectivity index (χ2n) is 7.27. The highest BCUT2D eigenvalue weighted by atomic mass is 35.5. The van der Waals surface area contributed by atoms with E-state index in [0.717, 1.165) is 53.4 Å². The van der Waals surface area contributed by atoms with E-state index in [1.165, 1.54) is 0 Å². The molecule has 7 nitrogen and oxygen atoms in total. The van der Waals surface area contributed by atoms with E-state index in [1.807, 2.05) is 54.7 Å². The van der Waals surface area contributed by atoms with Gasteiger partial charge in [0.2, 0.25) is 11.7 Å². The van der Waals surface area contributed by atoms with Crippen molar-refractivity contribution in [1.29, 1.82) is 0 Å². The number of nitrogen functional groups attached to an aromatic ring is 1.